The Kier molecular flexibility index (Phi) is 4.08. The first-order valence-corrected chi connectivity index (χ1v) is 9.80. The van der Waals surface area contributed by atoms with Crippen molar-refractivity contribution in [1.29, 1.82) is 0 Å². The fourth-order valence-corrected chi connectivity index (χ4v) is 4.18. The molecule has 132 valence electrons. The smallest absolute Gasteiger partial charge is 0.263 e. The molecule has 3 aromatic rings. The highest BCUT2D eigenvalue weighted by atomic mass is 32.2. The summed E-state index contributed by atoms with van der Waals surface area (Å²) >= 11 is 0. The maximum atomic E-state index is 12.5. The van der Waals surface area contributed by atoms with Crippen LogP contribution in [0, 0.1) is 6.92 Å². The van der Waals surface area contributed by atoms with Gasteiger partial charge in [-0.1, -0.05) is 30.3 Å². The third-order valence-electron chi connectivity index (χ3n) is 4.35. The maximum Gasteiger partial charge on any atom is 0.263 e. The fraction of sp³-hybridized carbons (Fsp3) is 0.158. The molecule has 0 amide bonds. The lowest BCUT2D eigenvalue weighted by molar-refractivity contribution is 0.601. The van der Waals surface area contributed by atoms with E-state index in [9.17, 15) is 8.42 Å². The van der Waals surface area contributed by atoms with Gasteiger partial charge >= 0.3 is 0 Å². The average molecular weight is 366 g/mol. The first kappa shape index (κ1) is 16.5. The molecule has 1 N–H and O–H groups in total. The minimum atomic E-state index is -3.68. The van der Waals surface area contributed by atoms with Crippen LogP contribution >= 0.6 is 0 Å². The Morgan fingerprint density at radius 1 is 1.00 bits per heavy atom. The summed E-state index contributed by atoms with van der Waals surface area (Å²) in [7, 11) is -3.68. The molecule has 0 fully saturated rings. The van der Waals surface area contributed by atoms with Crippen molar-refractivity contribution in [2.45, 2.75) is 18.2 Å². The molecular weight excluding hydrogens is 348 g/mol. The highest BCUT2D eigenvalue weighted by Crippen LogP contribution is 2.33. The van der Waals surface area contributed by atoms with E-state index >= 15 is 0 Å². The van der Waals surface area contributed by atoms with Gasteiger partial charge in [0, 0.05) is 12.2 Å². The molecule has 1 aliphatic rings. The van der Waals surface area contributed by atoms with Crippen molar-refractivity contribution in [2.24, 2.45) is 0 Å². The third-order valence-corrected chi connectivity index (χ3v) is 5.71. The Bertz CT molecular complexity index is 1050. The first-order chi connectivity index (χ1) is 12.5. The predicted octanol–water partition coefficient (Wildman–Crippen LogP) is 3.28. The van der Waals surface area contributed by atoms with Gasteiger partial charge in [-0.2, -0.15) is 0 Å². The number of aromatic nitrogens is 2. The Morgan fingerprint density at radius 2 is 1.85 bits per heavy atom. The summed E-state index contributed by atoms with van der Waals surface area (Å²) in [5.74, 6) is 0.899. The predicted molar refractivity (Wildman–Crippen MR) is 101 cm³/mol. The zero-order valence-electron chi connectivity index (χ0n) is 14.3. The van der Waals surface area contributed by atoms with Gasteiger partial charge in [0.15, 0.2) is 11.6 Å². The van der Waals surface area contributed by atoms with E-state index in [-0.39, 0.29) is 10.7 Å². The van der Waals surface area contributed by atoms with Gasteiger partial charge in [-0.15, -0.1) is 10.2 Å². The number of fused-ring (bicyclic) bond motifs is 1. The number of rotatable bonds is 4. The number of sulfonamides is 1. The molecule has 0 atom stereocenters. The largest absolute Gasteiger partial charge is 0.324 e. The minimum Gasteiger partial charge on any atom is -0.324 e. The van der Waals surface area contributed by atoms with E-state index in [2.05, 4.69) is 32.0 Å². The van der Waals surface area contributed by atoms with E-state index in [4.69, 9.17) is 0 Å². The van der Waals surface area contributed by atoms with Crippen molar-refractivity contribution < 1.29 is 8.42 Å². The van der Waals surface area contributed by atoms with Gasteiger partial charge in [-0.25, -0.2) is 8.42 Å². The number of aryl methyl sites for hydroxylation is 1. The third kappa shape index (κ3) is 3.13. The SMILES string of the molecule is Cc1cccc(S(=O)(=O)Nc2ccc(N3CCc4ccccc43)nn2)c1. The van der Waals surface area contributed by atoms with Crippen molar-refractivity contribution in [3.8, 4) is 0 Å². The number of hydrogen-bond donors (Lipinski definition) is 1. The van der Waals surface area contributed by atoms with Crippen molar-refractivity contribution in [2.75, 3.05) is 16.2 Å². The van der Waals surface area contributed by atoms with Crippen LogP contribution < -0.4 is 9.62 Å². The van der Waals surface area contributed by atoms with Crippen LogP contribution in [0.15, 0.2) is 65.6 Å². The monoisotopic (exact) mass is 366 g/mol. The molecule has 7 heteroatoms. The van der Waals surface area contributed by atoms with E-state index in [0.717, 1.165) is 24.2 Å². The highest BCUT2D eigenvalue weighted by Gasteiger charge is 2.21. The Balaban J connectivity index is 1.56. The zero-order chi connectivity index (χ0) is 18.1. The van der Waals surface area contributed by atoms with Gasteiger partial charge in [0.25, 0.3) is 10.0 Å². The van der Waals surface area contributed by atoms with Gasteiger partial charge in [-0.3, -0.25) is 4.72 Å². The number of hydrogen-bond acceptors (Lipinski definition) is 5. The molecule has 2 aromatic carbocycles. The second-order valence-corrected chi connectivity index (χ2v) is 7.91. The fourth-order valence-electron chi connectivity index (χ4n) is 3.08. The van der Waals surface area contributed by atoms with E-state index in [1.807, 2.05) is 25.1 Å². The minimum absolute atomic E-state index is 0.197. The van der Waals surface area contributed by atoms with Crippen molar-refractivity contribution >= 4 is 27.3 Å². The molecule has 1 aliphatic heterocycles. The van der Waals surface area contributed by atoms with E-state index in [0.29, 0.717) is 5.82 Å². The summed E-state index contributed by atoms with van der Waals surface area (Å²) in [5, 5.41) is 8.25. The quantitative estimate of drug-likeness (QED) is 0.767. The van der Waals surface area contributed by atoms with Crippen LogP contribution in [0.5, 0.6) is 0 Å². The number of anilines is 3. The summed E-state index contributed by atoms with van der Waals surface area (Å²) in [4.78, 5) is 2.29. The molecule has 2 heterocycles. The molecular formula is C19H18N4O2S. The Labute approximate surface area is 152 Å². The average Bonchev–Trinajstić information content (AvgIpc) is 3.06. The van der Waals surface area contributed by atoms with Gasteiger partial charge in [0.05, 0.1) is 4.90 Å². The number of benzene rings is 2. The number of nitrogens with zero attached hydrogens (tertiary/aromatic N) is 3. The second-order valence-electron chi connectivity index (χ2n) is 6.23. The lowest BCUT2D eigenvalue weighted by Gasteiger charge is -2.17. The van der Waals surface area contributed by atoms with Crippen molar-refractivity contribution in [1.82, 2.24) is 10.2 Å². The molecule has 0 aliphatic carbocycles. The van der Waals surface area contributed by atoms with Crippen molar-refractivity contribution in [3.63, 3.8) is 0 Å². The molecule has 26 heavy (non-hydrogen) atoms. The summed E-state index contributed by atoms with van der Waals surface area (Å²) in [5.41, 5.74) is 3.27. The van der Waals surface area contributed by atoms with E-state index in [1.54, 1.807) is 30.3 Å². The molecule has 1 aromatic heterocycles. The number of nitrogens with one attached hydrogen (secondary N) is 1. The topological polar surface area (TPSA) is 75.2 Å². The van der Waals surface area contributed by atoms with Gasteiger partial charge in [0.1, 0.15) is 0 Å². The van der Waals surface area contributed by atoms with Crippen LogP contribution in [0.25, 0.3) is 0 Å². The summed E-state index contributed by atoms with van der Waals surface area (Å²) < 4.78 is 27.4. The molecule has 0 radical (unpaired) electrons. The molecule has 0 saturated carbocycles. The van der Waals surface area contributed by atoms with Crippen LogP contribution in [0.2, 0.25) is 0 Å². The molecule has 0 saturated heterocycles. The maximum absolute atomic E-state index is 12.5. The Hall–Kier alpha value is -2.93. The second kappa shape index (κ2) is 6.42. The molecule has 0 unspecified atom stereocenters. The number of para-hydroxylation sites is 1. The van der Waals surface area contributed by atoms with Gasteiger partial charge < -0.3 is 4.90 Å². The standard InChI is InChI=1S/C19H18N4O2S/c1-14-5-4-7-16(13-14)26(24,25)22-18-9-10-19(21-20-18)23-12-11-15-6-2-3-8-17(15)23/h2-10,13H,11-12H2,1H3,(H,20,22). The summed E-state index contributed by atoms with van der Waals surface area (Å²) in [6, 6.07) is 18.3. The zero-order valence-corrected chi connectivity index (χ0v) is 15.1. The van der Waals surface area contributed by atoms with Crippen LogP contribution in [0.1, 0.15) is 11.1 Å². The molecule has 6 nitrogen and oxygen atoms in total. The lowest BCUT2D eigenvalue weighted by Crippen LogP contribution is -2.17. The Morgan fingerprint density at radius 3 is 2.62 bits per heavy atom. The van der Waals surface area contributed by atoms with Crippen LogP contribution in [-0.2, 0) is 16.4 Å². The van der Waals surface area contributed by atoms with E-state index in [1.165, 1.54) is 5.56 Å². The molecule has 4 rings (SSSR count). The summed E-state index contributed by atoms with van der Waals surface area (Å²) in [6.07, 6.45) is 0.958. The van der Waals surface area contributed by atoms with E-state index < -0.39 is 10.0 Å². The van der Waals surface area contributed by atoms with Crippen LogP contribution in [0.4, 0.5) is 17.3 Å². The van der Waals surface area contributed by atoms with Crippen LogP contribution in [0.3, 0.4) is 0 Å². The molecule has 0 bridgehead atoms. The summed E-state index contributed by atoms with van der Waals surface area (Å²) in [6.45, 7) is 2.68. The van der Waals surface area contributed by atoms with Gasteiger partial charge in [0.2, 0.25) is 0 Å². The highest BCUT2D eigenvalue weighted by molar-refractivity contribution is 7.92. The molecule has 0 spiro atoms. The van der Waals surface area contributed by atoms with Crippen molar-refractivity contribution in [3.05, 3.63) is 71.8 Å². The van der Waals surface area contributed by atoms with Crippen LogP contribution in [-0.4, -0.2) is 25.2 Å². The van der Waals surface area contributed by atoms with Gasteiger partial charge in [-0.05, 0) is 54.8 Å². The lowest BCUT2D eigenvalue weighted by atomic mass is 10.2. The first-order valence-electron chi connectivity index (χ1n) is 8.32. The normalized spacial score (nSPS) is 13.5.